The van der Waals surface area contributed by atoms with Gasteiger partial charge in [-0.15, -0.1) is 0 Å². The lowest BCUT2D eigenvalue weighted by molar-refractivity contribution is -0.127. The molecule has 0 spiro atoms. The molecule has 0 radical (unpaired) electrons. The average molecular weight is 460 g/mol. The van der Waals surface area contributed by atoms with Crippen molar-refractivity contribution >= 4 is 21.6 Å². The number of aryl methyl sites for hydroxylation is 1. The Hall–Kier alpha value is -2.62. The van der Waals surface area contributed by atoms with Crippen LogP contribution in [0.1, 0.15) is 16.7 Å². The molecule has 1 N–H and O–H groups in total. The maximum absolute atomic E-state index is 12.8. The lowest BCUT2D eigenvalue weighted by Gasteiger charge is -2.34. The summed E-state index contributed by atoms with van der Waals surface area (Å²) in [6.45, 7) is 6.35. The average Bonchev–Trinajstić information content (AvgIpc) is 2.77. The van der Waals surface area contributed by atoms with E-state index in [1.165, 1.54) is 9.87 Å². The number of carbonyl (C=O) groups excluding carboxylic acids is 1. The molecule has 1 atom stereocenters. The van der Waals surface area contributed by atoms with E-state index >= 15 is 0 Å². The highest BCUT2D eigenvalue weighted by Crippen LogP contribution is 2.35. The van der Waals surface area contributed by atoms with E-state index in [2.05, 4.69) is 22.3 Å². The summed E-state index contributed by atoms with van der Waals surface area (Å²) in [5.74, 6) is 0.0448. The number of amides is 1. The molecule has 2 aliphatic rings. The first kappa shape index (κ1) is 22.6. The van der Waals surface area contributed by atoms with E-state index in [0.29, 0.717) is 18.0 Å². The van der Waals surface area contributed by atoms with Crippen LogP contribution in [-0.4, -0.2) is 64.4 Å². The van der Waals surface area contributed by atoms with Gasteiger partial charge < -0.3 is 14.8 Å². The van der Waals surface area contributed by atoms with Crippen LogP contribution >= 0.6 is 0 Å². The standard InChI is InChI=1S/C23H29N3O5S/c1-17-6-7-21-20(12-17)26(32(2,28)29)16-22(31-21)23(27)24-14-18-4-3-5-19(13-18)15-25-8-10-30-11-9-25/h3-7,12-13,22H,8-11,14-16H2,1-2H3,(H,24,27). The zero-order valence-electron chi connectivity index (χ0n) is 18.4. The maximum Gasteiger partial charge on any atom is 0.263 e. The summed E-state index contributed by atoms with van der Waals surface area (Å²) >= 11 is 0. The smallest absolute Gasteiger partial charge is 0.263 e. The molecule has 2 heterocycles. The largest absolute Gasteiger partial charge is 0.476 e. The number of benzene rings is 2. The number of fused-ring (bicyclic) bond motifs is 1. The van der Waals surface area contributed by atoms with Crippen molar-refractivity contribution in [3.63, 3.8) is 0 Å². The topological polar surface area (TPSA) is 88.2 Å². The van der Waals surface area contributed by atoms with Crippen molar-refractivity contribution in [1.29, 1.82) is 0 Å². The molecule has 2 aromatic rings. The van der Waals surface area contributed by atoms with Crippen LogP contribution in [0, 0.1) is 6.92 Å². The fourth-order valence-electron chi connectivity index (χ4n) is 3.97. The van der Waals surface area contributed by atoms with Gasteiger partial charge in [0.05, 0.1) is 31.7 Å². The Morgan fingerprint density at radius 2 is 1.88 bits per heavy atom. The molecule has 4 rings (SSSR count). The van der Waals surface area contributed by atoms with Crippen LogP contribution in [0.2, 0.25) is 0 Å². The van der Waals surface area contributed by atoms with Gasteiger partial charge in [-0.1, -0.05) is 30.3 Å². The monoisotopic (exact) mass is 459 g/mol. The zero-order valence-corrected chi connectivity index (χ0v) is 19.2. The van der Waals surface area contributed by atoms with Gasteiger partial charge in [-0.05, 0) is 35.7 Å². The van der Waals surface area contributed by atoms with Gasteiger partial charge in [-0.25, -0.2) is 8.42 Å². The van der Waals surface area contributed by atoms with Gasteiger partial charge in [0, 0.05) is 26.2 Å². The fourth-order valence-corrected chi connectivity index (χ4v) is 4.88. The molecule has 172 valence electrons. The van der Waals surface area contributed by atoms with Crippen molar-refractivity contribution in [3.8, 4) is 5.75 Å². The van der Waals surface area contributed by atoms with Crippen LogP contribution in [0.5, 0.6) is 5.75 Å². The second kappa shape index (κ2) is 9.48. The lowest BCUT2D eigenvalue weighted by atomic mass is 10.1. The third-order valence-corrected chi connectivity index (χ3v) is 6.79. The first-order valence-electron chi connectivity index (χ1n) is 10.7. The number of anilines is 1. The highest BCUT2D eigenvalue weighted by Gasteiger charge is 2.35. The Balaban J connectivity index is 1.41. The third-order valence-electron chi connectivity index (χ3n) is 5.64. The summed E-state index contributed by atoms with van der Waals surface area (Å²) in [5, 5.41) is 2.89. The summed E-state index contributed by atoms with van der Waals surface area (Å²) < 4.78 is 37.2. The van der Waals surface area contributed by atoms with Crippen molar-refractivity contribution in [2.45, 2.75) is 26.1 Å². The molecule has 9 heteroatoms. The number of rotatable bonds is 6. The van der Waals surface area contributed by atoms with E-state index in [1.807, 2.05) is 25.1 Å². The molecule has 2 aromatic carbocycles. The van der Waals surface area contributed by atoms with Crippen LogP contribution in [0.25, 0.3) is 0 Å². The minimum Gasteiger partial charge on any atom is -0.476 e. The number of hydrogen-bond acceptors (Lipinski definition) is 6. The Morgan fingerprint density at radius 1 is 1.12 bits per heavy atom. The molecule has 8 nitrogen and oxygen atoms in total. The fraction of sp³-hybridized carbons (Fsp3) is 0.435. The minimum atomic E-state index is -3.55. The third kappa shape index (κ3) is 5.40. The molecule has 0 aromatic heterocycles. The lowest BCUT2D eigenvalue weighted by Crippen LogP contribution is -2.50. The number of sulfonamides is 1. The Bertz CT molecular complexity index is 1080. The summed E-state index contributed by atoms with van der Waals surface area (Å²) in [6.07, 6.45) is 0.218. The molecular formula is C23H29N3O5S. The summed E-state index contributed by atoms with van der Waals surface area (Å²) in [6, 6.07) is 13.4. The molecular weight excluding hydrogens is 430 g/mol. The zero-order chi connectivity index (χ0) is 22.7. The van der Waals surface area contributed by atoms with Crippen molar-refractivity contribution in [1.82, 2.24) is 10.2 Å². The van der Waals surface area contributed by atoms with Gasteiger partial charge in [0.1, 0.15) is 5.75 Å². The Labute approximate surface area is 189 Å². The number of nitrogens with one attached hydrogen (secondary N) is 1. The van der Waals surface area contributed by atoms with Crippen LogP contribution in [0.15, 0.2) is 42.5 Å². The van der Waals surface area contributed by atoms with E-state index in [4.69, 9.17) is 9.47 Å². The SMILES string of the molecule is Cc1ccc2c(c1)N(S(C)(=O)=O)CC(C(=O)NCc1cccc(CN3CCOCC3)c1)O2. The number of ether oxygens (including phenoxy) is 2. The predicted molar refractivity (Wildman–Crippen MR) is 122 cm³/mol. The summed E-state index contributed by atoms with van der Waals surface area (Å²) in [7, 11) is -3.55. The second-order valence-electron chi connectivity index (χ2n) is 8.30. The van der Waals surface area contributed by atoms with Crippen molar-refractivity contribution in [2.75, 3.05) is 43.4 Å². The first-order valence-corrected chi connectivity index (χ1v) is 12.5. The first-order chi connectivity index (χ1) is 15.3. The number of nitrogens with zero attached hydrogens (tertiary/aromatic N) is 2. The van der Waals surface area contributed by atoms with Gasteiger partial charge >= 0.3 is 0 Å². The van der Waals surface area contributed by atoms with Crippen molar-refractivity contribution in [3.05, 3.63) is 59.2 Å². The Morgan fingerprint density at radius 3 is 2.62 bits per heavy atom. The van der Waals surface area contributed by atoms with Crippen LogP contribution in [0.3, 0.4) is 0 Å². The number of morpholine rings is 1. The predicted octanol–water partition coefficient (Wildman–Crippen LogP) is 1.67. The molecule has 1 saturated heterocycles. The van der Waals surface area contributed by atoms with Gasteiger partial charge in [0.15, 0.2) is 6.10 Å². The van der Waals surface area contributed by atoms with Crippen LogP contribution in [-0.2, 0) is 32.6 Å². The molecule has 0 aliphatic carbocycles. The quantitative estimate of drug-likeness (QED) is 0.707. The molecule has 0 saturated carbocycles. The summed E-state index contributed by atoms with van der Waals surface area (Å²) in [5.41, 5.74) is 3.55. The number of carbonyl (C=O) groups is 1. The maximum atomic E-state index is 12.8. The second-order valence-corrected chi connectivity index (χ2v) is 10.2. The molecule has 32 heavy (non-hydrogen) atoms. The van der Waals surface area contributed by atoms with E-state index < -0.39 is 16.1 Å². The van der Waals surface area contributed by atoms with Gasteiger partial charge in [0.2, 0.25) is 10.0 Å². The molecule has 0 bridgehead atoms. The van der Waals surface area contributed by atoms with Crippen LogP contribution < -0.4 is 14.4 Å². The van der Waals surface area contributed by atoms with Crippen LogP contribution in [0.4, 0.5) is 5.69 Å². The van der Waals surface area contributed by atoms with Gasteiger partial charge in [0.25, 0.3) is 5.91 Å². The molecule has 1 amide bonds. The molecule has 2 aliphatic heterocycles. The number of hydrogen-bond donors (Lipinski definition) is 1. The van der Waals surface area contributed by atoms with Crippen molar-refractivity contribution < 1.29 is 22.7 Å². The van der Waals surface area contributed by atoms with E-state index in [9.17, 15) is 13.2 Å². The highest BCUT2D eigenvalue weighted by atomic mass is 32.2. The normalized spacial score (nSPS) is 19.2. The molecule has 1 unspecified atom stereocenters. The van der Waals surface area contributed by atoms with Gasteiger partial charge in [-0.2, -0.15) is 0 Å². The summed E-state index contributed by atoms with van der Waals surface area (Å²) in [4.78, 5) is 15.2. The van der Waals surface area contributed by atoms with Crippen molar-refractivity contribution in [2.24, 2.45) is 0 Å². The molecule has 1 fully saturated rings. The van der Waals surface area contributed by atoms with E-state index in [-0.39, 0.29) is 12.5 Å². The highest BCUT2D eigenvalue weighted by molar-refractivity contribution is 7.92. The minimum absolute atomic E-state index is 0.0574. The van der Waals surface area contributed by atoms with E-state index in [0.717, 1.165) is 50.2 Å². The van der Waals surface area contributed by atoms with Gasteiger partial charge in [-0.3, -0.25) is 14.0 Å². The Kier molecular flexibility index (Phi) is 6.68. The van der Waals surface area contributed by atoms with E-state index in [1.54, 1.807) is 12.1 Å².